The fourth-order valence-electron chi connectivity index (χ4n) is 1.24. The number of hydrogen-bond donors (Lipinski definition) is 2. The Balaban J connectivity index is 2.17. The van der Waals surface area contributed by atoms with Crippen LogP contribution in [0.2, 0.25) is 0 Å². The van der Waals surface area contributed by atoms with Crippen molar-refractivity contribution >= 4 is 17.7 Å². The predicted octanol–water partition coefficient (Wildman–Crippen LogP) is 0.822. The average molecular weight is 244 g/mol. The normalized spacial score (nSPS) is 9.78. The number of carbonyl (C=O) groups is 2. The van der Waals surface area contributed by atoms with Crippen molar-refractivity contribution in [2.75, 3.05) is 5.32 Å². The quantitative estimate of drug-likeness (QED) is 0.828. The molecule has 0 aromatic carbocycles. The highest BCUT2D eigenvalue weighted by atomic mass is 16.4. The molecule has 0 spiro atoms. The zero-order valence-corrected chi connectivity index (χ0v) is 9.07. The van der Waals surface area contributed by atoms with Gasteiger partial charge in [0.15, 0.2) is 0 Å². The third-order valence-electron chi connectivity index (χ3n) is 2.07. The average Bonchev–Trinajstić information content (AvgIpc) is 2.40. The van der Waals surface area contributed by atoms with Gasteiger partial charge in [-0.3, -0.25) is 4.79 Å². The minimum atomic E-state index is -1.09. The molecular weight excluding hydrogens is 236 g/mol. The van der Waals surface area contributed by atoms with E-state index in [4.69, 9.17) is 5.11 Å². The molecule has 2 N–H and O–H groups in total. The molecule has 90 valence electrons. The summed E-state index contributed by atoms with van der Waals surface area (Å²) < 4.78 is 0. The second-order valence-corrected chi connectivity index (χ2v) is 3.32. The predicted molar refractivity (Wildman–Crippen MR) is 61.2 cm³/mol. The van der Waals surface area contributed by atoms with E-state index in [9.17, 15) is 9.59 Å². The van der Waals surface area contributed by atoms with Crippen molar-refractivity contribution in [3.8, 4) is 0 Å². The summed E-state index contributed by atoms with van der Waals surface area (Å²) in [5.41, 5.74) is 0.310. The van der Waals surface area contributed by atoms with Crippen LogP contribution in [-0.4, -0.2) is 31.9 Å². The maximum atomic E-state index is 11.7. The lowest BCUT2D eigenvalue weighted by atomic mass is 10.2. The molecule has 0 fully saturated rings. The van der Waals surface area contributed by atoms with E-state index in [-0.39, 0.29) is 16.9 Å². The fourth-order valence-corrected chi connectivity index (χ4v) is 1.24. The highest BCUT2D eigenvalue weighted by Gasteiger charge is 2.09. The number of anilines is 1. The Labute approximate surface area is 102 Å². The standard InChI is InChI=1S/C11H8N4O3/c16-10(8-4-12-6-13-5-8)15-9-3-7(11(17)18)1-2-14-9/h1-6H,(H,17,18)(H,14,15,16). The summed E-state index contributed by atoms with van der Waals surface area (Å²) in [4.78, 5) is 33.7. The lowest BCUT2D eigenvalue weighted by Gasteiger charge is -2.04. The minimum absolute atomic E-state index is 0.0459. The maximum Gasteiger partial charge on any atom is 0.335 e. The summed E-state index contributed by atoms with van der Waals surface area (Å²) >= 11 is 0. The van der Waals surface area contributed by atoms with Crippen LogP contribution < -0.4 is 5.32 Å². The monoisotopic (exact) mass is 244 g/mol. The first-order valence-electron chi connectivity index (χ1n) is 4.92. The third-order valence-corrected chi connectivity index (χ3v) is 2.07. The summed E-state index contributed by atoms with van der Waals surface area (Å²) in [5, 5.41) is 11.3. The largest absolute Gasteiger partial charge is 0.478 e. The van der Waals surface area contributed by atoms with Crippen LogP contribution in [0.5, 0.6) is 0 Å². The van der Waals surface area contributed by atoms with Gasteiger partial charge in [-0.25, -0.2) is 19.7 Å². The van der Waals surface area contributed by atoms with E-state index < -0.39 is 11.9 Å². The molecule has 18 heavy (non-hydrogen) atoms. The van der Waals surface area contributed by atoms with Crippen molar-refractivity contribution in [1.29, 1.82) is 0 Å². The molecule has 2 aromatic heterocycles. The van der Waals surface area contributed by atoms with Gasteiger partial charge in [-0.2, -0.15) is 0 Å². The Morgan fingerprint density at radius 1 is 1.17 bits per heavy atom. The Bertz CT molecular complexity index is 586. The molecule has 2 aromatic rings. The lowest BCUT2D eigenvalue weighted by Crippen LogP contribution is -2.14. The first kappa shape index (κ1) is 11.6. The minimum Gasteiger partial charge on any atom is -0.478 e. The van der Waals surface area contributed by atoms with E-state index in [0.29, 0.717) is 0 Å². The number of hydrogen-bond acceptors (Lipinski definition) is 5. The molecule has 1 amide bonds. The first-order chi connectivity index (χ1) is 8.66. The fraction of sp³-hybridized carbons (Fsp3) is 0. The molecule has 7 heteroatoms. The molecule has 0 radical (unpaired) electrons. The molecular formula is C11H8N4O3. The van der Waals surface area contributed by atoms with Crippen LogP contribution in [0.1, 0.15) is 20.7 Å². The zero-order chi connectivity index (χ0) is 13.0. The van der Waals surface area contributed by atoms with Crippen LogP contribution in [0.3, 0.4) is 0 Å². The Hall–Kier alpha value is -2.83. The molecule has 0 saturated carbocycles. The lowest BCUT2D eigenvalue weighted by molar-refractivity contribution is 0.0696. The summed E-state index contributed by atoms with van der Waals surface area (Å²) in [7, 11) is 0. The van der Waals surface area contributed by atoms with Gasteiger partial charge >= 0.3 is 5.97 Å². The molecule has 2 heterocycles. The molecule has 0 unspecified atom stereocenters. The van der Waals surface area contributed by atoms with Crippen molar-refractivity contribution in [1.82, 2.24) is 15.0 Å². The molecule has 0 aliphatic carbocycles. The summed E-state index contributed by atoms with van der Waals surface area (Å²) in [6.45, 7) is 0. The number of pyridine rings is 1. The second kappa shape index (κ2) is 5.00. The summed E-state index contributed by atoms with van der Waals surface area (Å²) in [6, 6.07) is 2.60. The van der Waals surface area contributed by atoms with Crippen LogP contribution in [0.15, 0.2) is 37.1 Å². The van der Waals surface area contributed by atoms with Gasteiger partial charge in [0.25, 0.3) is 5.91 Å². The van der Waals surface area contributed by atoms with Gasteiger partial charge in [-0.1, -0.05) is 0 Å². The molecule has 2 rings (SSSR count). The number of rotatable bonds is 3. The number of nitrogens with zero attached hydrogens (tertiary/aromatic N) is 3. The highest BCUT2D eigenvalue weighted by Crippen LogP contribution is 2.08. The number of carboxylic acids is 1. The number of nitrogens with one attached hydrogen (secondary N) is 1. The number of carbonyl (C=O) groups excluding carboxylic acids is 1. The molecule has 0 bridgehead atoms. The van der Waals surface area contributed by atoms with Crippen LogP contribution in [0.4, 0.5) is 5.82 Å². The highest BCUT2D eigenvalue weighted by molar-refractivity contribution is 6.03. The van der Waals surface area contributed by atoms with Gasteiger partial charge in [0.05, 0.1) is 11.1 Å². The van der Waals surface area contributed by atoms with Gasteiger partial charge in [-0.15, -0.1) is 0 Å². The summed E-state index contributed by atoms with van der Waals surface area (Å²) in [6.07, 6.45) is 5.31. The van der Waals surface area contributed by atoms with Crippen LogP contribution >= 0.6 is 0 Å². The Kier molecular flexibility index (Phi) is 3.24. The smallest absolute Gasteiger partial charge is 0.335 e. The van der Waals surface area contributed by atoms with Gasteiger partial charge in [0, 0.05) is 18.6 Å². The zero-order valence-electron chi connectivity index (χ0n) is 9.07. The van der Waals surface area contributed by atoms with Crippen molar-refractivity contribution in [2.45, 2.75) is 0 Å². The molecule has 0 aliphatic rings. The van der Waals surface area contributed by atoms with Gasteiger partial charge in [-0.05, 0) is 12.1 Å². The number of carboxylic acid groups (broad SMARTS) is 1. The Morgan fingerprint density at radius 3 is 2.56 bits per heavy atom. The maximum absolute atomic E-state index is 11.7. The molecule has 7 nitrogen and oxygen atoms in total. The second-order valence-electron chi connectivity index (χ2n) is 3.32. The Morgan fingerprint density at radius 2 is 1.89 bits per heavy atom. The third kappa shape index (κ3) is 2.64. The van der Waals surface area contributed by atoms with Crippen LogP contribution in [-0.2, 0) is 0 Å². The molecule has 0 aliphatic heterocycles. The number of amides is 1. The van der Waals surface area contributed by atoms with Crippen LogP contribution in [0, 0.1) is 0 Å². The van der Waals surface area contributed by atoms with E-state index in [0.717, 1.165) is 0 Å². The van der Waals surface area contributed by atoms with E-state index in [2.05, 4.69) is 20.3 Å². The number of aromatic carboxylic acids is 1. The van der Waals surface area contributed by atoms with Crippen molar-refractivity contribution < 1.29 is 14.7 Å². The van der Waals surface area contributed by atoms with E-state index in [1.54, 1.807) is 0 Å². The van der Waals surface area contributed by atoms with E-state index in [1.165, 1.54) is 37.1 Å². The topological polar surface area (TPSA) is 105 Å². The van der Waals surface area contributed by atoms with E-state index >= 15 is 0 Å². The van der Waals surface area contributed by atoms with Crippen molar-refractivity contribution in [3.63, 3.8) is 0 Å². The SMILES string of the molecule is O=C(O)c1ccnc(NC(=O)c2cncnc2)c1. The molecule has 0 atom stereocenters. The van der Waals surface area contributed by atoms with Crippen LogP contribution in [0.25, 0.3) is 0 Å². The van der Waals surface area contributed by atoms with Crippen molar-refractivity contribution in [2.24, 2.45) is 0 Å². The first-order valence-corrected chi connectivity index (χ1v) is 4.92. The van der Waals surface area contributed by atoms with Gasteiger partial charge in [0.1, 0.15) is 12.1 Å². The van der Waals surface area contributed by atoms with Crippen molar-refractivity contribution in [3.05, 3.63) is 48.2 Å². The van der Waals surface area contributed by atoms with Gasteiger partial charge < -0.3 is 10.4 Å². The van der Waals surface area contributed by atoms with Gasteiger partial charge in [0.2, 0.25) is 0 Å². The number of aromatic nitrogens is 3. The van der Waals surface area contributed by atoms with E-state index in [1.807, 2.05) is 0 Å². The molecule has 0 saturated heterocycles. The summed E-state index contributed by atoms with van der Waals surface area (Å²) in [5.74, 6) is -1.38.